The molecule has 3 rings (SSSR count). The molecular weight excluding hydrogens is 398 g/mol. The Morgan fingerprint density at radius 3 is 2.32 bits per heavy atom. The van der Waals surface area contributed by atoms with Crippen molar-refractivity contribution in [3.63, 3.8) is 0 Å². The van der Waals surface area contributed by atoms with Gasteiger partial charge in [-0.1, -0.05) is 48.9 Å². The van der Waals surface area contributed by atoms with Gasteiger partial charge < -0.3 is 15.4 Å². The number of nitrogens with zero attached hydrogens (tertiary/aromatic N) is 1. The molecule has 0 radical (unpaired) electrons. The van der Waals surface area contributed by atoms with Crippen LogP contribution in [0.2, 0.25) is 0 Å². The van der Waals surface area contributed by atoms with Crippen molar-refractivity contribution >= 4 is 29.5 Å². The number of ether oxygens (including phenoxy) is 1. The lowest BCUT2D eigenvalue weighted by atomic mass is 9.91. The van der Waals surface area contributed by atoms with Crippen molar-refractivity contribution in [1.29, 1.82) is 0 Å². The molecule has 1 saturated heterocycles. The summed E-state index contributed by atoms with van der Waals surface area (Å²) in [5, 5.41) is 5.25. The molecule has 1 aliphatic heterocycles. The normalized spacial score (nSPS) is 18.0. The van der Waals surface area contributed by atoms with Crippen LogP contribution in [0, 0.1) is 6.92 Å². The molecular formula is C23H25N3O5. The third-order valence-electron chi connectivity index (χ3n) is 5.20. The molecule has 0 aliphatic carbocycles. The molecule has 0 unspecified atom stereocenters. The third kappa shape index (κ3) is 4.91. The highest BCUT2D eigenvalue weighted by Gasteiger charge is 2.49. The molecule has 1 heterocycles. The summed E-state index contributed by atoms with van der Waals surface area (Å²) in [5.74, 6) is -1.92. The Hall–Kier alpha value is -3.68. The Morgan fingerprint density at radius 2 is 1.71 bits per heavy atom. The summed E-state index contributed by atoms with van der Waals surface area (Å²) in [4.78, 5) is 50.1. The SMILES string of the molecule is CCc1ccc(NC(=O)COC(=O)CN2C(=O)N[C@@](C)(c3ccc(C)cc3)C2=O)cc1. The first-order valence-electron chi connectivity index (χ1n) is 9.98. The third-order valence-corrected chi connectivity index (χ3v) is 5.20. The van der Waals surface area contributed by atoms with Crippen molar-refractivity contribution in [1.82, 2.24) is 10.2 Å². The topological polar surface area (TPSA) is 105 Å². The highest BCUT2D eigenvalue weighted by atomic mass is 16.5. The van der Waals surface area contributed by atoms with Gasteiger partial charge in [0.15, 0.2) is 6.61 Å². The van der Waals surface area contributed by atoms with E-state index in [0.29, 0.717) is 11.3 Å². The summed E-state index contributed by atoms with van der Waals surface area (Å²) in [6, 6.07) is 13.8. The Kier molecular flexibility index (Phi) is 6.39. The molecule has 31 heavy (non-hydrogen) atoms. The van der Waals surface area contributed by atoms with Gasteiger partial charge in [0.05, 0.1) is 0 Å². The van der Waals surface area contributed by atoms with Crippen molar-refractivity contribution in [2.45, 2.75) is 32.7 Å². The molecule has 1 aliphatic rings. The molecule has 2 aromatic carbocycles. The van der Waals surface area contributed by atoms with Gasteiger partial charge in [-0.25, -0.2) is 4.79 Å². The van der Waals surface area contributed by atoms with E-state index in [2.05, 4.69) is 10.6 Å². The van der Waals surface area contributed by atoms with E-state index in [4.69, 9.17) is 4.74 Å². The second-order valence-corrected chi connectivity index (χ2v) is 7.57. The first kappa shape index (κ1) is 22.0. The average Bonchev–Trinajstić information content (AvgIpc) is 2.97. The highest BCUT2D eigenvalue weighted by Crippen LogP contribution is 2.28. The van der Waals surface area contributed by atoms with Crippen LogP contribution in [0.1, 0.15) is 30.5 Å². The van der Waals surface area contributed by atoms with Crippen molar-refractivity contribution in [3.05, 3.63) is 65.2 Å². The number of benzene rings is 2. The zero-order chi connectivity index (χ0) is 22.6. The van der Waals surface area contributed by atoms with Gasteiger partial charge >= 0.3 is 12.0 Å². The van der Waals surface area contributed by atoms with Crippen LogP contribution in [0.5, 0.6) is 0 Å². The molecule has 1 atom stereocenters. The molecule has 8 heteroatoms. The second kappa shape index (κ2) is 8.99. The van der Waals surface area contributed by atoms with E-state index in [9.17, 15) is 19.2 Å². The number of hydrogen-bond acceptors (Lipinski definition) is 5. The smallest absolute Gasteiger partial charge is 0.326 e. The standard InChI is InChI=1S/C23H25N3O5/c1-4-16-7-11-18(12-8-16)24-19(27)14-31-20(28)13-26-21(29)23(3,25-22(26)30)17-9-5-15(2)6-10-17/h5-12H,4,13-14H2,1-3H3,(H,24,27)(H,25,30)/t23-/m0/s1. The van der Waals surface area contributed by atoms with Crippen LogP contribution >= 0.6 is 0 Å². The van der Waals surface area contributed by atoms with Gasteiger partial charge in [0.1, 0.15) is 12.1 Å². The molecule has 0 bridgehead atoms. The summed E-state index contributed by atoms with van der Waals surface area (Å²) >= 11 is 0. The summed E-state index contributed by atoms with van der Waals surface area (Å²) in [6.45, 7) is 4.43. The lowest BCUT2D eigenvalue weighted by Gasteiger charge is -2.22. The van der Waals surface area contributed by atoms with E-state index >= 15 is 0 Å². The van der Waals surface area contributed by atoms with Crippen LogP contribution in [-0.4, -0.2) is 41.9 Å². The van der Waals surface area contributed by atoms with Gasteiger partial charge in [-0.15, -0.1) is 0 Å². The lowest BCUT2D eigenvalue weighted by molar-refractivity contribution is -0.150. The minimum absolute atomic E-state index is 0.515. The maximum Gasteiger partial charge on any atom is 0.326 e. The molecule has 0 aromatic heterocycles. The predicted octanol–water partition coefficient (Wildman–Crippen LogP) is 2.51. The maximum absolute atomic E-state index is 12.8. The van der Waals surface area contributed by atoms with Gasteiger partial charge in [-0.2, -0.15) is 0 Å². The van der Waals surface area contributed by atoms with E-state index in [1.807, 2.05) is 38.1 Å². The number of nitrogens with one attached hydrogen (secondary N) is 2. The number of aryl methyl sites for hydroxylation is 2. The van der Waals surface area contributed by atoms with Gasteiger partial charge in [0.2, 0.25) is 0 Å². The van der Waals surface area contributed by atoms with E-state index < -0.39 is 42.5 Å². The monoisotopic (exact) mass is 423 g/mol. The van der Waals surface area contributed by atoms with Gasteiger partial charge in [-0.05, 0) is 43.5 Å². The first-order valence-corrected chi connectivity index (χ1v) is 9.98. The van der Waals surface area contributed by atoms with Crippen LogP contribution < -0.4 is 10.6 Å². The van der Waals surface area contributed by atoms with Crippen molar-refractivity contribution < 1.29 is 23.9 Å². The number of esters is 1. The van der Waals surface area contributed by atoms with Crippen LogP contribution in [-0.2, 0) is 31.1 Å². The van der Waals surface area contributed by atoms with Crippen LogP contribution in [0.25, 0.3) is 0 Å². The summed E-state index contributed by atoms with van der Waals surface area (Å²) in [6.07, 6.45) is 0.887. The van der Waals surface area contributed by atoms with Gasteiger partial charge in [0, 0.05) is 5.69 Å². The minimum atomic E-state index is -1.27. The maximum atomic E-state index is 12.8. The minimum Gasteiger partial charge on any atom is -0.454 e. The Balaban J connectivity index is 1.54. The molecule has 2 N–H and O–H groups in total. The predicted molar refractivity (Wildman–Crippen MR) is 114 cm³/mol. The van der Waals surface area contributed by atoms with E-state index in [0.717, 1.165) is 22.4 Å². The number of anilines is 1. The Morgan fingerprint density at radius 1 is 1.06 bits per heavy atom. The lowest BCUT2D eigenvalue weighted by Crippen LogP contribution is -2.41. The second-order valence-electron chi connectivity index (χ2n) is 7.57. The average molecular weight is 423 g/mol. The Labute approximate surface area is 180 Å². The van der Waals surface area contributed by atoms with Crippen LogP contribution in [0.3, 0.4) is 0 Å². The number of urea groups is 1. The van der Waals surface area contributed by atoms with Crippen molar-refractivity contribution in [2.24, 2.45) is 0 Å². The van der Waals surface area contributed by atoms with Crippen molar-refractivity contribution in [2.75, 3.05) is 18.5 Å². The number of rotatable bonds is 7. The summed E-state index contributed by atoms with van der Waals surface area (Å²) in [7, 11) is 0. The molecule has 4 amide bonds. The summed E-state index contributed by atoms with van der Waals surface area (Å²) in [5.41, 5.74) is 2.08. The largest absolute Gasteiger partial charge is 0.454 e. The first-order chi connectivity index (χ1) is 14.7. The zero-order valence-electron chi connectivity index (χ0n) is 17.7. The van der Waals surface area contributed by atoms with E-state index in [1.54, 1.807) is 31.2 Å². The van der Waals surface area contributed by atoms with E-state index in [-0.39, 0.29) is 0 Å². The fourth-order valence-corrected chi connectivity index (χ4v) is 3.26. The van der Waals surface area contributed by atoms with Crippen LogP contribution in [0.4, 0.5) is 10.5 Å². The van der Waals surface area contributed by atoms with Gasteiger partial charge in [-0.3, -0.25) is 19.3 Å². The van der Waals surface area contributed by atoms with Crippen molar-refractivity contribution in [3.8, 4) is 0 Å². The number of amides is 4. The zero-order valence-corrected chi connectivity index (χ0v) is 17.7. The van der Waals surface area contributed by atoms with Crippen LogP contribution in [0.15, 0.2) is 48.5 Å². The molecule has 2 aromatic rings. The number of carbonyl (C=O) groups is 4. The summed E-state index contributed by atoms with van der Waals surface area (Å²) < 4.78 is 4.94. The Bertz CT molecular complexity index is 1000. The molecule has 162 valence electrons. The molecule has 1 fully saturated rings. The fourth-order valence-electron chi connectivity index (χ4n) is 3.26. The van der Waals surface area contributed by atoms with Gasteiger partial charge in [0.25, 0.3) is 11.8 Å². The molecule has 0 saturated carbocycles. The quantitative estimate of drug-likeness (QED) is 0.526. The number of hydrogen-bond donors (Lipinski definition) is 2. The number of carbonyl (C=O) groups excluding carboxylic acids is 4. The molecule has 0 spiro atoms. The van der Waals surface area contributed by atoms with E-state index in [1.165, 1.54) is 0 Å². The number of imide groups is 1. The highest BCUT2D eigenvalue weighted by molar-refractivity contribution is 6.09. The fraction of sp³-hybridized carbons (Fsp3) is 0.304. The molecule has 8 nitrogen and oxygen atoms in total.